The van der Waals surface area contributed by atoms with Crippen molar-refractivity contribution in [3.63, 3.8) is 0 Å². The fraction of sp³-hybridized carbons (Fsp3) is 0.333. The molecule has 3 heteroatoms. The third-order valence-corrected chi connectivity index (χ3v) is 2.51. The summed E-state index contributed by atoms with van der Waals surface area (Å²) in [5.74, 6) is 5.48. The number of hydrogen-bond acceptors (Lipinski definition) is 2. The van der Waals surface area contributed by atoms with Crippen molar-refractivity contribution >= 4 is 11.6 Å². The summed E-state index contributed by atoms with van der Waals surface area (Å²) in [5, 5.41) is 0.792. The van der Waals surface area contributed by atoms with E-state index in [9.17, 15) is 0 Å². The Kier molecular flexibility index (Phi) is 4.82. The highest BCUT2D eigenvalue weighted by atomic mass is 35.5. The molecule has 0 aromatic heterocycles. The van der Waals surface area contributed by atoms with Gasteiger partial charge in [-0.1, -0.05) is 41.4 Å². The van der Waals surface area contributed by atoms with E-state index in [4.69, 9.17) is 17.4 Å². The molecule has 0 aliphatic heterocycles. The minimum absolute atomic E-state index is 0.134. The SMILES string of the molecule is CC(C)=CC(Cc1ccccc1Cl)NN. The summed E-state index contributed by atoms with van der Waals surface area (Å²) < 4.78 is 0. The summed E-state index contributed by atoms with van der Waals surface area (Å²) in [4.78, 5) is 0. The van der Waals surface area contributed by atoms with Crippen LogP contribution in [0.2, 0.25) is 5.02 Å². The fourth-order valence-electron chi connectivity index (χ4n) is 1.47. The molecule has 2 nitrogen and oxygen atoms in total. The smallest absolute Gasteiger partial charge is 0.0438 e. The lowest BCUT2D eigenvalue weighted by molar-refractivity contribution is 0.614. The van der Waals surface area contributed by atoms with Crippen molar-refractivity contribution in [1.82, 2.24) is 5.43 Å². The van der Waals surface area contributed by atoms with Crippen LogP contribution in [0.4, 0.5) is 0 Å². The molecule has 82 valence electrons. The van der Waals surface area contributed by atoms with Crippen LogP contribution in [0.15, 0.2) is 35.9 Å². The maximum atomic E-state index is 6.07. The first-order chi connectivity index (χ1) is 7.13. The second-order valence-electron chi connectivity index (χ2n) is 3.81. The molecular formula is C12H17ClN2. The van der Waals surface area contributed by atoms with Gasteiger partial charge in [-0.25, -0.2) is 0 Å². The standard InChI is InChI=1S/C12H17ClN2/c1-9(2)7-11(15-14)8-10-5-3-4-6-12(10)13/h3-7,11,15H,8,14H2,1-2H3. The van der Waals surface area contributed by atoms with Gasteiger partial charge >= 0.3 is 0 Å². The van der Waals surface area contributed by atoms with Crippen molar-refractivity contribution in [2.24, 2.45) is 5.84 Å². The quantitative estimate of drug-likeness (QED) is 0.469. The number of nitrogens with one attached hydrogen (secondary N) is 1. The Hall–Kier alpha value is -0.830. The van der Waals surface area contributed by atoms with Crippen LogP contribution in [-0.4, -0.2) is 6.04 Å². The first-order valence-corrected chi connectivity index (χ1v) is 5.36. The average Bonchev–Trinajstić information content (AvgIpc) is 2.19. The minimum atomic E-state index is 0.134. The number of hydrogen-bond donors (Lipinski definition) is 2. The van der Waals surface area contributed by atoms with Crippen LogP contribution < -0.4 is 11.3 Å². The van der Waals surface area contributed by atoms with E-state index in [1.165, 1.54) is 5.57 Å². The van der Waals surface area contributed by atoms with Gasteiger partial charge in [0.05, 0.1) is 0 Å². The fourth-order valence-corrected chi connectivity index (χ4v) is 1.68. The Balaban J connectivity index is 2.75. The summed E-state index contributed by atoms with van der Waals surface area (Å²) in [7, 11) is 0. The molecule has 1 rings (SSSR count). The molecule has 1 unspecified atom stereocenters. The summed E-state index contributed by atoms with van der Waals surface area (Å²) in [6.07, 6.45) is 2.91. The zero-order chi connectivity index (χ0) is 11.3. The molecule has 15 heavy (non-hydrogen) atoms. The van der Waals surface area contributed by atoms with E-state index < -0.39 is 0 Å². The Morgan fingerprint density at radius 2 is 2.13 bits per heavy atom. The monoisotopic (exact) mass is 224 g/mol. The third-order valence-electron chi connectivity index (χ3n) is 2.15. The van der Waals surface area contributed by atoms with E-state index in [2.05, 4.69) is 25.3 Å². The molecule has 1 aromatic rings. The maximum absolute atomic E-state index is 6.07. The summed E-state index contributed by atoms with van der Waals surface area (Å²) in [6, 6.07) is 7.96. The van der Waals surface area contributed by atoms with Gasteiger partial charge in [-0.2, -0.15) is 0 Å². The van der Waals surface area contributed by atoms with Crippen LogP contribution in [0.5, 0.6) is 0 Å². The van der Waals surface area contributed by atoms with Gasteiger partial charge in [-0.3, -0.25) is 11.3 Å². The first-order valence-electron chi connectivity index (χ1n) is 4.98. The van der Waals surface area contributed by atoms with Crippen molar-refractivity contribution in [2.75, 3.05) is 0 Å². The number of allylic oxidation sites excluding steroid dienone is 1. The van der Waals surface area contributed by atoms with Crippen LogP contribution in [0.25, 0.3) is 0 Å². The van der Waals surface area contributed by atoms with Crippen molar-refractivity contribution in [3.05, 3.63) is 46.5 Å². The molecule has 0 amide bonds. The number of halogens is 1. The molecule has 0 bridgehead atoms. The normalized spacial score (nSPS) is 12.3. The lowest BCUT2D eigenvalue weighted by Crippen LogP contribution is -2.35. The maximum Gasteiger partial charge on any atom is 0.0438 e. The van der Waals surface area contributed by atoms with Gasteiger partial charge in [-0.05, 0) is 31.9 Å². The minimum Gasteiger partial charge on any atom is -0.271 e. The van der Waals surface area contributed by atoms with Crippen molar-refractivity contribution < 1.29 is 0 Å². The van der Waals surface area contributed by atoms with Crippen molar-refractivity contribution in [2.45, 2.75) is 26.3 Å². The zero-order valence-corrected chi connectivity index (χ0v) is 9.88. The molecule has 0 spiro atoms. The average molecular weight is 225 g/mol. The van der Waals surface area contributed by atoms with Crippen LogP contribution >= 0.6 is 11.6 Å². The van der Waals surface area contributed by atoms with E-state index in [1.807, 2.05) is 24.3 Å². The number of nitrogens with two attached hydrogens (primary N) is 1. The van der Waals surface area contributed by atoms with Gasteiger partial charge in [0.15, 0.2) is 0 Å². The molecular weight excluding hydrogens is 208 g/mol. The lowest BCUT2D eigenvalue weighted by Gasteiger charge is -2.13. The predicted octanol–water partition coefficient (Wildman–Crippen LogP) is 2.68. The molecule has 0 fully saturated rings. The van der Waals surface area contributed by atoms with Crippen LogP contribution in [0.1, 0.15) is 19.4 Å². The first kappa shape index (κ1) is 12.2. The third kappa shape index (κ3) is 4.04. The molecule has 0 saturated heterocycles. The zero-order valence-electron chi connectivity index (χ0n) is 9.13. The van der Waals surface area contributed by atoms with E-state index >= 15 is 0 Å². The van der Waals surface area contributed by atoms with Crippen LogP contribution in [0, 0.1) is 0 Å². The van der Waals surface area contributed by atoms with Crippen LogP contribution in [-0.2, 0) is 6.42 Å². The molecule has 0 aliphatic carbocycles. The molecule has 3 N–H and O–H groups in total. The number of benzene rings is 1. The van der Waals surface area contributed by atoms with Gasteiger partial charge in [0.25, 0.3) is 0 Å². The molecule has 1 atom stereocenters. The summed E-state index contributed by atoms with van der Waals surface area (Å²) >= 11 is 6.07. The second kappa shape index (κ2) is 5.91. The van der Waals surface area contributed by atoms with Crippen LogP contribution in [0.3, 0.4) is 0 Å². The van der Waals surface area contributed by atoms with E-state index in [-0.39, 0.29) is 6.04 Å². The van der Waals surface area contributed by atoms with Crippen molar-refractivity contribution in [3.8, 4) is 0 Å². The molecule has 0 aliphatic rings. The van der Waals surface area contributed by atoms with Gasteiger partial charge in [-0.15, -0.1) is 0 Å². The van der Waals surface area contributed by atoms with Gasteiger partial charge in [0.1, 0.15) is 0 Å². The Bertz CT molecular complexity index is 343. The molecule has 0 saturated carbocycles. The predicted molar refractivity (Wildman–Crippen MR) is 65.7 cm³/mol. The van der Waals surface area contributed by atoms with Gasteiger partial charge in [0.2, 0.25) is 0 Å². The Morgan fingerprint density at radius 1 is 1.47 bits per heavy atom. The highest BCUT2D eigenvalue weighted by Gasteiger charge is 2.06. The number of hydrazine groups is 1. The lowest BCUT2D eigenvalue weighted by atomic mass is 10.0. The Morgan fingerprint density at radius 3 is 2.67 bits per heavy atom. The van der Waals surface area contributed by atoms with Gasteiger partial charge < -0.3 is 0 Å². The highest BCUT2D eigenvalue weighted by Crippen LogP contribution is 2.17. The van der Waals surface area contributed by atoms with E-state index in [0.717, 1.165) is 17.0 Å². The topological polar surface area (TPSA) is 38.0 Å². The summed E-state index contributed by atoms with van der Waals surface area (Å²) in [5.41, 5.74) is 5.13. The summed E-state index contributed by atoms with van der Waals surface area (Å²) in [6.45, 7) is 4.11. The Labute approximate surface area is 96.1 Å². The van der Waals surface area contributed by atoms with E-state index in [0.29, 0.717) is 0 Å². The molecule has 1 aromatic carbocycles. The van der Waals surface area contributed by atoms with Crippen molar-refractivity contribution in [1.29, 1.82) is 0 Å². The van der Waals surface area contributed by atoms with E-state index in [1.54, 1.807) is 0 Å². The highest BCUT2D eigenvalue weighted by molar-refractivity contribution is 6.31. The molecule has 0 radical (unpaired) electrons. The largest absolute Gasteiger partial charge is 0.271 e. The molecule has 0 heterocycles. The number of rotatable bonds is 4. The van der Waals surface area contributed by atoms with Gasteiger partial charge in [0, 0.05) is 11.1 Å². The second-order valence-corrected chi connectivity index (χ2v) is 4.22.